The van der Waals surface area contributed by atoms with E-state index in [9.17, 15) is 4.79 Å². The van der Waals surface area contributed by atoms with Crippen molar-refractivity contribution in [3.05, 3.63) is 68.8 Å². The Balaban J connectivity index is 1.59. The van der Waals surface area contributed by atoms with E-state index >= 15 is 0 Å². The van der Waals surface area contributed by atoms with Crippen LogP contribution in [0.25, 0.3) is 0 Å². The van der Waals surface area contributed by atoms with E-state index in [4.69, 9.17) is 38.4 Å². The highest BCUT2D eigenvalue weighted by molar-refractivity contribution is 6.35. The molecule has 2 heterocycles. The summed E-state index contributed by atoms with van der Waals surface area (Å²) in [5, 5.41) is 8.55. The predicted molar refractivity (Wildman–Crippen MR) is 126 cm³/mol. The van der Waals surface area contributed by atoms with Crippen molar-refractivity contribution in [2.45, 2.75) is 24.8 Å². The van der Waals surface area contributed by atoms with Crippen molar-refractivity contribution in [1.82, 2.24) is 14.8 Å². The number of carbonyl (C=O) groups excluding carboxylic acids is 1. The number of ketones is 1. The maximum absolute atomic E-state index is 13.6. The predicted octanol–water partition coefficient (Wildman–Crippen LogP) is 4.60. The third kappa shape index (κ3) is 3.69. The number of carbonyl (C=O) groups is 1. The minimum Gasteiger partial charge on any atom is -0.493 e. The summed E-state index contributed by atoms with van der Waals surface area (Å²) >= 11 is 12.7. The Bertz CT molecular complexity index is 1300. The van der Waals surface area contributed by atoms with Gasteiger partial charge in [-0.05, 0) is 42.2 Å². The first-order valence-corrected chi connectivity index (χ1v) is 11.1. The van der Waals surface area contributed by atoms with Gasteiger partial charge in [-0.25, -0.2) is 4.68 Å². The standard InChI is InChI=1S/C23H21Cl2N5O3/c1-32-18-6-3-11(9-19(18)33-2)12-7-16-20(17(31)8-12)21(14-5-4-13(24)10-15(14)25)30-23(27-16)28-22(26)29-30/h3-6,9-10,12,21H,7-8H2,1-2H3,(H3,26,27,28,29). The molecule has 2 aliphatic rings. The van der Waals surface area contributed by atoms with Gasteiger partial charge < -0.3 is 20.5 Å². The maximum atomic E-state index is 13.6. The number of hydrogen-bond acceptors (Lipinski definition) is 7. The number of benzene rings is 2. The van der Waals surface area contributed by atoms with Gasteiger partial charge in [0.2, 0.25) is 11.9 Å². The number of aromatic nitrogens is 3. The number of nitrogens with zero attached hydrogens (tertiary/aromatic N) is 3. The van der Waals surface area contributed by atoms with Crippen LogP contribution in [-0.4, -0.2) is 34.8 Å². The summed E-state index contributed by atoms with van der Waals surface area (Å²) in [6.45, 7) is 0. The fraction of sp³-hybridized carbons (Fsp3) is 0.261. The molecule has 1 aliphatic carbocycles. The first-order chi connectivity index (χ1) is 15.9. The van der Waals surface area contributed by atoms with E-state index in [1.54, 1.807) is 37.1 Å². The van der Waals surface area contributed by atoms with E-state index in [1.165, 1.54) is 0 Å². The molecule has 0 amide bonds. The number of allylic oxidation sites excluding steroid dienone is 2. The van der Waals surface area contributed by atoms with Crippen molar-refractivity contribution < 1.29 is 14.3 Å². The van der Waals surface area contributed by atoms with Gasteiger partial charge >= 0.3 is 0 Å². The number of Topliss-reactive ketones (excluding diaryl/α,β-unsaturated/α-hetero) is 1. The van der Waals surface area contributed by atoms with E-state index in [0.29, 0.717) is 51.5 Å². The summed E-state index contributed by atoms with van der Waals surface area (Å²) in [5.74, 6) is 1.78. The third-order valence-electron chi connectivity index (χ3n) is 6.07. The number of ether oxygens (including phenoxy) is 2. The van der Waals surface area contributed by atoms with Crippen molar-refractivity contribution >= 4 is 40.9 Å². The molecular weight excluding hydrogens is 465 g/mol. The van der Waals surface area contributed by atoms with Crippen LogP contribution in [0.4, 0.5) is 11.9 Å². The summed E-state index contributed by atoms with van der Waals surface area (Å²) < 4.78 is 12.4. The van der Waals surface area contributed by atoms with Gasteiger partial charge in [0.15, 0.2) is 17.3 Å². The molecule has 0 saturated carbocycles. The number of halogens is 2. The molecule has 0 bridgehead atoms. The molecule has 10 heteroatoms. The molecule has 8 nitrogen and oxygen atoms in total. The molecule has 5 rings (SSSR count). The van der Waals surface area contributed by atoms with Crippen LogP contribution < -0.4 is 20.5 Å². The molecule has 1 aromatic heterocycles. The number of hydrogen-bond donors (Lipinski definition) is 2. The van der Waals surface area contributed by atoms with Crippen molar-refractivity contribution in [2.75, 3.05) is 25.3 Å². The Kier molecular flexibility index (Phi) is 5.42. The first kappa shape index (κ1) is 21.6. The number of fused-ring (bicyclic) bond motifs is 1. The van der Waals surface area contributed by atoms with E-state index in [1.807, 2.05) is 18.2 Å². The molecule has 2 aromatic carbocycles. The molecule has 0 saturated heterocycles. The van der Waals surface area contributed by atoms with Gasteiger partial charge in [0.1, 0.15) is 6.04 Å². The van der Waals surface area contributed by atoms with Gasteiger partial charge in [0, 0.05) is 33.3 Å². The van der Waals surface area contributed by atoms with Crippen molar-refractivity contribution in [3.63, 3.8) is 0 Å². The Morgan fingerprint density at radius 1 is 1.09 bits per heavy atom. The number of nitrogen functional groups attached to an aromatic ring is 1. The normalized spacial score (nSPS) is 19.6. The molecule has 1 aliphatic heterocycles. The number of anilines is 2. The summed E-state index contributed by atoms with van der Waals surface area (Å²) in [4.78, 5) is 17.9. The molecule has 33 heavy (non-hydrogen) atoms. The Labute approximate surface area is 200 Å². The van der Waals surface area contributed by atoms with Crippen LogP contribution in [0.2, 0.25) is 10.0 Å². The lowest BCUT2D eigenvalue weighted by Crippen LogP contribution is -2.33. The zero-order valence-corrected chi connectivity index (χ0v) is 19.4. The van der Waals surface area contributed by atoms with Crippen molar-refractivity contribution in [3.8, 4) is 11.5 Å². The monoisotopic (exact) mass is 485 g/mol. The summed E-state index contributed by atoms with van der Waals surface area (Å²) in [6, 6.07) is 10.4. The lowest BCUT2D eigenvalue weighted by atomic mass is 9.78. The number of nitrogens with one attached hydrogen (secondary N) is 1. The zero-order valence-electron chi connectivity index (χ0n) is 17.9. The summed E-state index contributed by atoms with van der Waals surface area (Å²) in [6.07, 6.45) is 0.933. The zero-order chi connectivity index (χ0) is 23.3. The van der Waals surface area contributed by atoms with Crippen LogP contribution in [0.3, 0.4) is 0 Å². The topological polar surface area (TPSA) is 104 Å². The lowest BCUT2D eigenvalue weighted by Gasteiger charge is -2.35. The van der Waals surface area contributed by atoms with Gasteiger partial charge in [0.25, 0.3) is 0 Å². The maximum Gasteiger partial charge on any atom is 0.241 e. The van der Waals surface area contributed by atoms with Crippen LogP contribution in [0.15, 0.2) is 47.7 Å². The average Bonchev–Trinajstić information content (AvgIpc) is 3.17. The third-order valence-corrected chi connectivity index (χ3v) is 6.63. The molecule has 3 N–H and O–H groups in total. The molecule has 0 radical (unpaired) electrons. The molecule has 2 unspecified atom stereocenters. The van der Waals surface area contributed by atoms with E-state index in [-0.39, 0.29) is 17.6 Å². The highest BCUT2D eigenvalue weighted by Crippen LogP contribution is 2.46. The van der Waals surface area contributed by atoms with Gasteiger partial charge in [-0.1, -0.05) is 35.3 Å². The second-order valence-electron chi connectivity index (χ2n) is 7.97. The average molecular weight is 486 g/mol. The second-order valence-corrected chi connectivity index (χ2v) is 8.81. The minimum atomic E-state index is -0.551. The Morgan fingerprint density at radius 2 is 1.88 bits per heavy atom. The van der Waals surface area contributed by atoms with Gasteiger partial charge in [-0.2, -0.15) is 4.98 Å². The van der Waals surface area contributed by atoms with Crippen molar-refractivity contribution in [2.24, 2.45) is 0 Å². The van der Waals surface area contributed by atoms with Crippen LogP contribution in [-0.2, 0) is 4.79 Å². The van der Waals surface area contributed by atoms with E-state index in [0.717, 1.165) is 11.3 Å². The SMILES string of the molecule is COc1ccc(C2CC(=O)C3=C(C2)Nc2nc(N)nn2C3c2ccc(Cl)cc2Cl)cc1OC. The molecule has 0 spiro atoms. The number of rotatable bonds is 4. The highest BCUT2D eigenvalue weighted by atomic mass is 35.5. The van der Waals surface area contributed by atoms with Gasteiger partial charge in [-0.15, -0.1) is 5.10 Å². The fourth-order valence-electron chi connectivity index (χ4n) is 4.58. The smallest absolute Gasteiger partial charge is 0.241 e. The number of nitrogens with two attached hydrogens (primary N) is 1. The van der Waals surface area contributed by atoms with Crippen LogP contribution in [0, 0.1) is 0 Å². The van der Waals surface area contributed by atoms with Gasteiger partial charge in [0.05, 0.1) is 14.2 Å². The lowest BCUT2D eigenvalue weighted by molar-refractivity contribution is -0.116. The quantitative estimate of drug-likeness (QED) is 0.556. The van der Waals surface area contributed by atoms with Crippen LogP contribution >= 0.6 is 23.2 Å². The van der Waals surface area contributed by atoms with Crippen LogP contribution in [0.1, 0.15) is 35.9 Å². The number of methoxy groups -OCH3 is 2. The highest BCUT2D eigenvalue weighted by Gasteiger charge is 2.40. The minimum absolute atomic E-state index is 0.000673. The van der Waals surface area contributed by atoms with E-state index in [2.05, 4.69) is 15.4 Å². The van der Waals surface area contributed by atoms with Crippen molar-refractivity contribution in [1.29, 1.82) is 0 Å². The summed E-state index contributed by atoms with van der Waals surface area (Å²) in [5.41, 5.74) is 8.98. The molecule has 0 fully saturated rings. The molecular formula is C23H21Cl2N5O3. The second kappa shape index (κ2) is 8.28. The van der Waals surface area contributed by atoms with Gasteiger partial charge in [-0.3, -0.25) is 4.79 Å². The molecule has 2 atom stereocenters. The first-order valence-electron chi connectivity index (χ1n) is 10.3. The van der Waals surface area contributed by atoms with Crippen LogP contribution in [0.5, 0.6) is 11.5 Å². The molecule has 170 valence electrons. The van der Waals surface area contributed by atoms with E-state index < -0.39 is 6.04 Å². The largest absolute Gasteiger partial charge is 0.493 e. The Hall–Kier alpha value is -3.23. The fourth-order valence-corrected chi connectivity index (χ4v) is 5.09. The summed E-state index contributed by atoms with van der Waals surface area (Å²) in [7, 11) is 3.18. The Morgan fingerprint density at radius 3 is 2.61 bits per heavy atom. The molecule has 3 aromatic rings.